The predicted molar refractivity (Wildman–Crippen MR) is 118 cm³/mol. The Morgan fingerprint density at radius 2 is 1.94 bits per heavy atom. The fraction of sp³-hybridized carbons (Fsp3) is 0.320. The average molecular weight is 420 g/mol. The third-order valence-corrected chi connectivity index (χ3v) is 5.89. The number of phenolic OH excluding ortho intramolecular Hbond substituents is 1. The van der Waals surface area contributed by atoms with Gasteiger partial charge >= 0.3 is 0 Å². The van der Waals surface area contributed by atoms with Gasteiger partial charge in [-0.1, -0.05) is 12.1 Å². The highest BCUT2D eigenvalue weighted by Gasteiger charge is 2.37. The standard InChI is InChI=1S/C25H24O6/c1-24(2)8-7-14-9-13(5-6-18(14)31-24)16-12-29-23-15-10-20(25(3,4)28)30-19(15)11-17(26)21(23)22(16)27/h5-9,11-12,20,26,28H,10H2,1-4H3. The molecule has 0 spiro atoms. The van der Waals surface area contributed by atoms with Gasteiger partial charge in [-0.05, 0) is 51.5 Å². The first kappa shape index (κ1) is 19.7. The number of fused-ring (bicyclic) bond motifs is 4. The van der Waals surface area contributed by atoms with Gasteiger partial charge in [-0.25, -0.2) is 0 Å². The zero-order valence-corrected chi connectivity index (χ0v) is 17.9. The van der Waals surface area contributed by atoms with Gasteiger partial charge in [0.2, 0.25) is 5.43 Å². The van der Waals surface area contributed by atoms with Crippen molar-refractivity contribution in [2.75, 3.05) is 0 Å². The van der Waals surface area contributed by atoms with Crippen molar-refractivity contribution in [3.63, 3.8) is 0 Å². The van der Waals surface area contributed by atoms with Crippen LogP contribution in [0.25, 0.3) is 28.2 Å². The first-order valence-electron chi connectivity index (χ1n) is 10.3. The number of rotatable bonds is 2. The highest BCUT2D eigenvalue weighted by Crippen LogP contribution is 2.42. The molecule has 2 N–H and O–H groups in total. The van der Waals surface area contributed by atoms with Gasteiger partial charge in [0.05, 0.1) is 11.2 Å². The fourth-order valence-corrected chi connectivity index (χ4v) is 4.14. The molecule has 2 aromatic carbocycles. The molecule has 1 aromatic heterocycles. The Bertz CT molecular complexity index is 1310. The van der Waals surface area contributed by atoms with Crippen molar-refractivity contribution >= 4 is 17.0 Å². The predicted octanol–water partition coefficient (Wildman–Crippen LogP) is 4.42. The third kappa shape index (κ3) is 3.18. The topological polar surface area (TPSA) is 89.1 Å². The van der Waals surface area contributed by atoms with Crippen LogP contribution in [-0.2, 0) is 6.42 Å². The summed E-state index contributed by atoms with van der Waals surface area (Å²) in [4.78, 5) is 13.3. The molecular formula is C25H24O6. The van der Waals surface area contributed by atoms with Crippen molar-refractivity contribution in [2.45, 2.75) is 51.4 Å². The molecule has 0 amide bonds. The molecular weight excluding hydrogens is 396 g/mol. The summed E-state index contributed by atoms with van der Waals surface area (Å²) < 4.78 is 17.6. The van der Waals surface area contributed by atoms with Crippen LogP contribution in [0.5, 0.6) is 17.2 Å². The Morgan fingerprint density at radius 1 is 1.16 bits per heavy atom. The summed E-state index contributed by atoms with van der Waals surface area (Å²) in [5, 5.41) is 21.0. The molecule has 2 aliphatic rings. The largest absolute Gasteiger partial charge is 0.507 e. The van der Waals surface area contributed by atoms with Crippen LogP contribution in [0, 0.1) is 0 Å². The second-order valence-electron chi connectivity index (χ2n) is 9.31. The molecule has 6 nitrogen and oxygen atoms in total. The van der Waals surface area contributed by atoms with Crippen LogP contribution >= 0.6 is 0 Å². The van der Waals surface area contributed by atoms with Crippen LogP contribution in [-0.4, -0.2) is 27.5 Å². The summed E-state index contributed by atoms with van der Waals surface area (Å²) in [6, 6.07) is 6.94. The van der Waals surface area contributed by atoms with Crippen molar-refractivity contribution in [3.05, 3.63) is 58.0 Å². The van der Waals surface area contributed by atoms with E-state index in [4.69, 9.17) is 13.9 Å². The maximum atomic E-state index is 13.3. The number of ether oxygens (including phenoxy) is 2. The van der Waals surface area contributed by atoms with Gasteiger partial charge in [-0.3, -0.25) is 4.79 Å². The van der Waals surface area contributed by atoms with Crippen LogP contribution in [0.1, 0.15) is 38.8 Å². The minimum absolute atomic E-state index is 0.113. The Labute approximate surface area is 179 Å². The summed E-state index contributed by atoms with van der Waals surface area (Å²) in [5.74, 6) is 0.965. The van der Waals surface area contributed by atoms with E-state index in [0.29, 0.717) is 34.4 Å². The number of benzene rings is 2. The van der Waals surface area contributed by atoms with Crippen molar-refractivity contribution in [1.29, 1.82) is 0 Å². The summed E-state index contributed by atoms with van der Waals surface area (Å²) in [6.07, 6.45) is 5.25. The van der Waals surface area contributed by atoms with Gasteiger partial charge in [0.25, 0.3) is 0 Å². The number of hydrogen-bond acceptors (Lipinski definition) is 6. The van der Waals surface area contributed by atoms with Gasteiger partial charge in [-0.15, -0.1) is 0 Å². The minimum Gasteiger partial charge on any atom is -0.507 e. The lowest BCUT2D eigenvalue weighted by atomic mass is 9.95. The normalized spacial score (nSPS) is 18.9. The van der Waals surface area contributed by atoms with Gasteiger partial charge in [0, 0.05) is 23.6 Å². The second kappa shape index (κ2) is 6.37. The summed E-state index contributed by atoms with van der Waals surface area (Å²) in [5.41, 5.74) is 1.08. The van der Waals surface area contributed by atoms with Gasteiger partial charge < -0.3 is 24.1 Å². The van der Waals surface area contributed by atoms with E-state index in [1.54, 1.807) is 13.8 Å². The number of aromatic hydroxyl groups is 1. The molecule has 0 radical (unpaired) electrons. The van der Waals surface area contributed by atoms with E-state index in [1.807, 2.05) is 44.2 Å². The maximum absolute atomic E-state index is 13.3. The van der Waals surface area contributed by atoms with E-state index in [-0.39, 0.29) is 22.2 Å². The van der Waals surface area contributed by atoms with Crippen LogP contribution in [0.3, 0.4) is 0 Å². The lowest BCUT2D eigenvalue weighted by Crippen LogP contribution is -2.39. The van der Waals surface area contributed by atoms with Gasteiger partial charge in [-0.2, -0.15) is 0 Å². The lowest BCUT2D eigenvalue weighted by molar-refractivity contribution is -0.0229. The molecule has 0 saturated heterocycles. The quantitative estimate of drug-likeness (QED) is 0.638. The van der Waals surface area contributed by atoms with E-state index < -0.39 is 11.7 Å². The molecule has 160 valence electrons. The van der Waals surface area contributed by atoms with Crippen molar-refractivity contribution < 1.29 is 24.1 Å². The monoisotopic (exact) mass is 420 g/mol. The second-order valence-corrected chi connectivity index (χ2v) is 9.31. The van der Waals surface area contributed by atoms with Crippen LogP contribution in [0.2, 0.25) is 0 Å². The summed E-state index contributed by atoms with van der Waals surface area (Å²) >= 11 is 0. The molecule has 1 unspecified atom stereocenters. The maximum Gasteiger partial charge on any atom is 0.204 e. The Morgan fingerprint density at radius 3 is 2.68 bits per heavy atom. The van der Waals surface area contributed by atoms with E-state index in [0.717, 1.165) is 11.3 Å². The Balaban J connectivity index is 1.63. The molecule has 3 aromatic rings. The first-order valence-corrected chi connectivity index (χ1v) is 10.3. The molecule has 0 bridgehead atoms. The summed E-state index contributed by atoms with van der Waals surface area (Å²) in [7, 11) is 0. The molecule has 1 atom stereocenters. The van der Waals surface area contributed by atoms with Crippen molar-refractivity contribution in [1.82, 2.24) is 0 Å². The first-order chi connectivity index (χ1) is 14.5. The van der Waals surface area contributed by atoms with Crippen LogP contribution < -0.4 is 14.9 Å². The molecule has 2 aliphatic heterocycles. The number of phenols is 1. The van der Waals surface area contributed by atoms with Crippen LogP contribution in [0.4, 0.5) is 0 Å². The van der Waals surface area contributed by atoms with E-state index >= 15 is 0 Å². The highest BCUT2D eigenvalue weighted by atomic mass is 16.5. The third-order valence-electron chi connectivity index (χ3n) is 5.89. The minimum atomic E-state index is -1.07. The highest BCUT2D eigenvalue weighted by molar-refractivity contribution is 5.91. The number of hydrogen-bond donors (Lipinski definition) is 2. The molecule has 3 heterocycles. The zero-order chi connectivity index (χ0) is 22.1. The van der Waals surface area contributed by atoms with E-state index in [2.05, 4.69) is 0 Å². The average Bonchev–Trinajstić information content (AvgIpc) is 3.12. The SMILES string of the molecule is CC1(C)C=Cc2cc(-c3coc4c5c(cc(O)c4c3=O)OC(C(C)(C)O)C5)ccc2O1. The van der Waals surface area contributed by atoms with E-state index in [1.165, 1.54) is 12.3 Å². The molecule has 0 fully saturated rings. The molecule has 5 rings (SSSR count). The van der Waals surface area contributed by atoms with Gasteiger partial charge in [0.1, 0.15) is 46.2 Å². The Hall–Kier alpha value is -3.25. The zero-order valence-electron chi connectivity index (χ0n) is 17.9. The fourth-order valence-electron chi connectivity index (χ4n) is 4.14. The molecule has 6 heteroatoms. The molecule has 0 saturated carbocycles. The smallest absolute Gasteiger partial charge is 0.204 e. The number of aliphatic hydroxyl groups is 1. The van der Waals surface area contributed by atoms with Crippen LogP contribution in [0.15, 0.2) is 45.8 Å². The van der Waals surface area contributed by atoms with Gasteiger partial charge in [0.15, 0.2) is 0 Å². The Kier molecular flexibility index (Phi) is 4.05. The van der Waals surface area contributed by atoms with Crippen molar-refractivity contribution in [3.8, 4) is 28.4 Å². The lowest BCUT2D eigenvalue weighted by Gasteiger charge is -2.28. The molecule has 31 heavy (non-hydrogen) atoms. The summed E-state index contributed by atoms with van der Waals surface area (Å²) in [6.45, 7) is 7.28. The molecule has 0 aliphatic carbocycles. The van der Waals surface area contributed by atoms with E-state index in [9.17, 15) is 15.0 Å². The van der Waals surface area contributed by atoms with Crippen molar-refractivity contribution in [2.24, 2.45) is 0 Å².